The molecule has 1 aliphatic rings. The Balaban J connectivity index is 1.79. The highest BCUT2D eigenvalue weighted by atomic mass is 15.2. The first-order valence-electron chi connectivity index (χ1n) is 14.1. The zero-order valence-electron chi connectivity index (χ0n) is 25.0. The van der Waals surface area contributed by atoms with E-state index in [0.29, 0.717) is 17.7 Å². The first-order chi connectivity index (χ1) is 18.5. The topological polar surface area (TPSA) is 76.2 Å². The van der Waals surface area contributed by atoms with E-state index in [0.717, 1.165) is 40.7 Å². The maximum Gasteiger partial charge on any atom is 0.230 e. The monoisotopic (exact) mass is 521 g/mol. The van der Waals surface area contributed by atoms with Crippen molar-refractivity contribution in [2.75, 3.05) is 11.1 Å². The molecule has 2 heterocycles. The van der Waals surface area contributed by atoms with Gasteiger partial charge in [0.2, 0.25) is 5.95 Å². The third kappa shape index (κ3) is 5.98. The van der Waals surface area contributed by atoms with E-state index < -0.39 is 0 Å². The lowest BCUT2D eigenvalue weighted by Gasteiger charge is -2.20. The Hall–Kier alpha value is -3.73. The zero-order valence-corrected chi connectivity index (χ0v) is 25.0. The summed E-state index contributed by atoms with van der Waals surface area (Å²) in [6, 6.07) is 8.99. The normalized spacial score (nSPS) is 17.8. The van der Waals surface area contributed by atoms with E-state index in [2.05, 4.69) is 109 Å². The predicted octanol–water partition coefficient (Wildman–Crippen LogP) is 8.76. The summed E-state index contributed by atoms with van der Waals surface area (Å²) in [5, 5.41) is 4.19. The van der Waals surface area contributed by atoms with Gasteiger partial charge in [0.1, 0.15) is 11.7 Å². The molecule has 4 rings (SSSR count). The second kappa shape index (κ2) is 11.6. The van der Waals surface area contributed by atoms with Gasteiger partial charge < -0.3 is 11.1 Å². The molecule has 0 spiro atoms. The van der Waals surface area contributed by atoms with Gasteiger partial charge in [-0.15, -0.1) is 0 Å². The van der Waals surface area contributed by atoms with Crippen LogP contribution in [0.3, 0.4) is 0 Å². The summed E-state index contributed by atoms with van der Waals surface area (Å²) in [7, 11) is 0. The van der Waals surface area contributed by atoms with Crippen molar-refractivity contribution in [3.8, 4) is 11.1 Å². The molecular formula is C34H43N5. The second-order valence-electron chi connectivity index (χ2n) is 11.1. The number of allylic oxidation sites excluding steroid dienone is 3. The first-order valence-corrected chi connectivity index (χ1v) is 14.1. The Labute approximate surface area is 234 Å². The molecule has 0 saturated heterocycles. The highest BCUT2D eigenvalue weighted by Crippen LogP contribution is 2.37. The SMILES string of the molecule is CC/C(C)=C\C(C)c1cc(C)c(-c2cc(C)cc3c(N)nc(NC4=NC(C)/C(=C(/C)CC)C=C4)nc23)c(C)c1. The standard InChI is InChI=1S/C34H43N5/c1-10-19(3)14-22(6)26-17-23(7)31(24(8)18-26)28-15-20(4)16-29-32(28)38-34(39-33(29)35)37-30-13-12-27(21(5)11-2)25(9)36-30/h12-18,22,25H,10-11H2,1-9H3,(H3,35,36,37,38,39)/b19-14-,27-21-. The van der Waals surface area contributed by atoms with E-state index in [9.17, 15) is 0 Å². The maximum atomic E-state index is 6.52. The molecule has 0 fully saturated rings. The van der Waals surface area contributed by atoms with Crippen molar-refractivity contribution >= 4 is 28.5 Å². The van der Waals surface area contributed by atoms with Crippen molar-refractivity contribution in [2.45, 2.75) is 87.1 Å². The van der Waals surface area contributed by atoms with Crippen molar-refractivity contribution in [3.63, 3.8) is 0 Å². The van der Waals surface area contributed by atoms with Gasteiger partial charge in [0.25, 0.3) is 0 Å². The number of anilines is 2. The van der Waals surface area contributed by atoms with Gasteiger partial charge in [-0.1, -0.05) is 56.2 Å². The average molecular weight is 522 g/mol. The number of hydrogen-bond donors (Lipinski definition) is 2. The lowest BCUT2D eigenvalue weighted by atomic mass is 9.88. The summed E-state index contributed by atoms with van der Waals surface area (Å²) in [6.45, 7) is 19.6. The minimum absolute atomic E-state index is 0.0793. The van der Waals surface area contributed by atoms with Crippen LogP contribution in [0.5, 0.6) is 0 Å². The molecule has 3 aromatic rings. The van der Waals surface area contributed by atoms with Crippen LogP contribution in [0.1, 0.15) is 82.6 Å². The fourth-order valence-electron chi connectivity index (χ4n) is 5.49. The van der Waals surface area contributed by atoms with Gasteiger partial charge in [0.05, 0.1) is 11.6 Å². The molecule has 204 valence electrons. The molecular weight excluding hydrogens is 478 g/mol. The highest BCUT2D eigenvalue weighted by molar-refractivity contribution is 6.06. The zero-order chi connectivity index (χ0) is 28.4. The van der Waals surface area contributed by atoms with Crippen molar-refractivity contribution in [1.82, 2.24) is 9.97 Å². The van der Waals surface area contributed by atoms with Gasteiger partial charge in [-0.25, -0.2) is 4.98 Å². The third-order valence-electron chi connectivity index (χ3n) is 7.88. The van der Waals surface area contributed by atoms with E-state index >= 15 is 0 Å². The number of nitrogens with zero attached hydrogens (tertiary/aromatic N) is 3. The van der Waals surface area contributed by atoms with E-state index in [1.54, 1.807) is 0 Å². The molecule has 2 atom stereocenters. The van der Waals surface area contributed by atoms with Crippen LogP contribution < -0.4 is 11.1 Å². The second-order valence-corrected chi connectivity index (χ2v) is 11.1. The van der Waals surface area contributed by atoms with E-state index in [1.165, 1.54) is 39.0 Å². The summed E-state index contributed by atoms with van der Waals surface area (Å²) in [6.07, 6.45) is 8.60. The summed E-state index contributed by atoms with van der Waals surface area (Å²) >= 11 is 0. The van der Waals surface area contributed by atoms with Gasteiger partial charge in [0.15, 0.2) is 0 Å². The molecule has 0 saturated carbocycles. The molecule has 0 bridgehead atoms. The third-order valence-corrected chi connectivity index (χ3v) is 7.88. The lowest BCUT2D eigenvalue weighted by molar-refractivity contribution is 0.850. The molecule has 1 aromatic heterocycles. The Morgan fingerprint density at radius 2 is 1.69 bits per heavy atom. The van der Waals surface area contributed by atoms with Crippen molar-refractivity contribution in [2.24, 2.45) is 4.99 Å². The van der Waals surface area contributed by atoms with Crippen LogP contribution in [-0.2, 0) is 0 Å². The number of dihydropyridines is 1. The number of rotatable bonds is 6. The minimum atomic E-state index is 0.0793. The number of nitrogens with one attached hydrogen (secondary N) is 1. The summed E-state index contributed by atoms with van der Waals surface area (Å²) in [5.74, 6) is 2.02. The average Bonchev–Trinajstić information content (AvgIpc) is 2.88. The maximum absolute atomic E-state index is 6.52. The summed E-state index contributed by atoms with van der Waals surface area (Å²) in [4.78, 5) is 14.5. The number of nitrogen functional groups attached to an aromatic ring is 1. The Kier molecular flexibility index (Phi) is 8.39. The van der Waals surface area contributed by atoms with Gasteiger partial charge >= 0.3 is 0 Å². The van der Waals surface area contributed by atoms with Gasteiger partial charge in [-0.3, -0.25) is 4.99 Å². The first kappa shape index (κ1) is 28.3. The summed E-state index contributed by atoms with van der Waals surface area (Å²) in [5.41, 5.74) is 18.6. The summed E-state index contributed by atoms with van der Waals surface area (Å²) < 4.78 is 0. The van der Waals surface area contributed by atoms with Gasteiger partial charge in [-0.05, 0) is 112 Å². The number of hydrogen-bond acceptors (Lipinski definition) is 5. The molecule has 39 heavy (non-hydrogen) atoms. The van der Waals surface area contributed by atoms with Crippen LogP contribution in [-0.4, -0.2) is 21.8 Å². The number of benzene rings is 2. The number of amidine groups is 1. The molecule has 1 aliphatic heterocycles. The van der Waals surface area contributed by atoms with Crippen molar-refractivity contribution < 1.29 is 0 Å². The number of aromatic nitrogens is 2. The largest absolute Gasteiger partial charge is 0.383 e. The van der Waals surface area contributed by atoms with Crippen LogP contribution in [0.4, 0.5) is 11.8 Å². The van der Waals surface area contributed by atoms with E-state index in [4.69, 9.17) is 15.7 Å². The molecule has 0 aliphatic carbocycles. The molecule has 2 unspecified atom stereocenters. The number of aliphatic imine (C=N–C) groups is 1. The van der Waals surface area contributed by atoms with Crippen LogP contribution in [0.25, 0.3) is 22.0 Å². The number of fused-ring (bicyclic) bond motifs is 1. The van der Waals surface area contributed by atoms with E-state index in [-0.39, 0.29) is 6.04 Å². The molecule has 2 aromatic carbocycles. The number of aryl methyl sites for hydroxylation is 3. The fraction of sp³-hybridized carbons (Fsp3) is 0.382. The van der Waals surface area contributed by atoms with Gasteiger partial charge in [-0.2, -0.15) is 4.98 Å². The van der Waals surface area contributed by atoms with Crippen LogP contribution in [0.2, 0.25) is 0 Å². The van der Waals surface area contributed by atoms with Crippen LogP contribution >= 0.6 is 0 Å². The van der Waals surface area contributed by atoms with Gasteiger partial charge in [0, 0.05) is 10.9 Å². The Bertz CT molecular complexity index is 1510. The van der Waals surface area contributed by atoms with Crippen LogP contribution in [0, 0.1) is 20.8 Å². The van der Waals surface area contributed by atoms with Crippen molar-refractivity contribution in [1.29, 1.82) is 0 Å². The molecule has 0 radical (unpaired) electrons. The quantitative estimate of drug-likeness (QED) is 0.318. The molecule has 5 nitrogen and oxygen atoms in total. The highest BCUT2D eigenvalue weighted by Gasteiger charge is 2.18. The van der Waals surface area contributed by atoms with Crippen molar-refractivity contribution in [3.05, 3.63) is 81.5 Å². The van der Waals surface area contributed by atoms with Crippen LogP contribution in [0.15, 0.2) is 64.2 Å². The molecule has 3 N–H and O–H groups in total. The lowest BCUT2D eigenvalue weighted by Crippen LogP contribution is -2.20. The minimum Gasteiger partial charge on any atom is -0.383 e. The van der Waals surface area contributed by atoms with E-state index in [1.807, 2.05) is 6.08 Å². The predicted molar refractivity (Wildman–Crippen MR) is 169 cm³/mol. The fourth-order valence-corrected chi connectivity index (χ4v) is 5.49. The number of nitrogens with two attached hydrogens (primary N) is 1. The smallest absolute Gasteiger partial charge is 0.230 e. The Morgan fingerprint density at radius 3 is 2.31 bits per heavy atom. The Morgan fingerprint density at radius 1 is 1.00 bits per heavy atom. The molecule has 0 amide bonds. The molecule has 5 heteroatoms.